The molecule has 138 valence electrons. The van der Waals surface area contributed by atoms with Crippen molar-refractivity contribution in [2.24, 2.45) is 5.73 Å². The molecule has 0 bridgehead atoms. The third kappa shape index (κ3) is 5.51. The van der Waals surface area contributed by atoms with Crippen LogP contribution in [0, 0.1) is 0 Å². The summed E-state index contributed by atoms with van der Waals surface area (Å²) in [5, 5.41) is 0. The van der Waals surface area contributed by atoms with Gasteiger partial charge in [-0.15, -0.1) is 12.4 Å². The Hall–Kier alpha value is -1.03. The molecule has 2 N–H and O–H groups in total. The molecule has 1 aliphatic rings. The fourth-order valence-corrected chi connectivity index (χ4v) is 2.44. The molecule has 0 spiro atoms. The van der Waals surface area contributed by atoms with Crippen LogP contribution in [0.1, 0.15) is 16.7 Å². The Morgan fingerprint density at radius 2 is 1.58 bits per heavy atom. The molecule has 1 saturated heterocycles. The van der Waals surface area contributed by atoms with Gasteiger partial charge in [-0.3, -0.25) is 4.90 Å². The monoisotopic (exact) mass is 378 g/mol. The smallest absolute Gasteiger partial charge is 0.374 e. The van der Waals surface area contributed by atoms with E-state index >= 15 is 0 Å². The number of ether oxygens (including phenoxy) is 1. The Labute approximate surface area is 141 Å². The molecule has 0 aromatic heterocycles. The van der Waals surface area contributed by atoms with Gasteiger partial charge in [-0.2, -0.15) is 26.3 Å². The molecular weight excluding hydrogens is 362 g/mol. The number of hydrogen-bond donors (Lipinski definition) is 1. The lowest BCUT2D eigenvalue weighted by molar-refractivity contribution is -0.143. The molecule has 0 amide bonds. The maximum Gasteiger partial charge on any atom is 0.416 e. The Morgan fingerprint density at radius 1 is 1.04 bits per heavy atom. The molecule has 1 aliphatic heterocycles. The SMILES string of the molecule is Cl.NCC1CN(Cc2cc(C(F)(F)F)cc(C(F)(F)F)c2)CCO1. The van der Waals surface area contributed by atoms with Gasteiger partial charge in [-0.05, 0) is 23.8 Å². The molecule has 0 aliphatic carbocycles. The molecule has 1 heterocycles. The average molecular weight is 379 g/mol. The maximum atomic E-state index is 12.8. The molecule has 2 rings (SSSR count). The minimum atomic E-state index is -4.83. The molecule has 1 aromatic carbocycles. The zero-order chi connectivity index (χ0) is 17.3. The summed E-state index contributed by atoms with van der Waals surface area (Å²) in [6, 6.07) is 1.63. The Kier molecular flexibility index (Phi) is 6.92. The molecular formula is C14H17ClF6N2O. The number of nitrogens with two attached hydrogens (primary N) is 1. The largest absolute Gasteiger partial charge is 0.416 e. The van der Waals surface area contributed by atoms with Gasteiger partial charge in [0.1, 0.15) is 0 Å². The quantitative estimate of drug-likeness (QED) is 0.820. The lowest BCUT2D eigenvalue weighted by Crippen LogP contribution is -2.45. The van der Waals surface area contributed by atoms with Gasteiger partial charge in [0.05, 0.1) is 23.8 Å². The lowest BCUT2D eigenvalue weighted by atomic mass is 10.0. The van der Waals surface area contributed by atoms with Gasteiger partial charge in [-0.25, -0.2) is 0 Å². The third-order valence-corrected chi connectivity index (χ3v) is 3.54. The van der Waals surface area contributed by atoms with Crippen LogP contribution in [0.4, 0.5) is 26.3 Å². The minimum Gasteiger partial charge on any atom is -0.374 e. The van der Waals surface area contributed by atoms with Gasteiger partial charge in [0.2, 0.25) is 0 Å². The minimum absolute atomic E-state index is 0. The van der Waals surface area contributed by atoms with Gasteiger partial charge >= 0.3 is 12.4 Å². The molecule has 1 aromatic rings. The number of halogens is 7. The van der Waals surface area contributed by atoms with E-state index in [0.29, 0.717) is 19.7 Å². The van der Waals surface area contributed by atoms with Gasteiger partial charge in [0.25, 0.3) is 0 Å². The van der Waals surface area contributed by atoms with Crippen LogP contribution in [0.3, 0.4) is 0 Å². The summed E-state index contributed by atoms with van der Waals surface area (Å²) in [6.45, 7) is 1.36. The van der Waals surface area contributed by atoms with E-state index in [1.807, 2.05) is 0 Å². The highest BCUT2D eigenvalue weighted by molar-refractivity contribution is 5.85. The van der Waals surface area contributed by atoms with Crippen molar-refractivity contribution in [1.29, 1.82) is 0 Å². The van der Waals surface area contributed by atoms with Crippen molar-refractivity contribution in [1.82, 2.24) is 4.90 Å². The summed E-state index contributed by atoms with van der Waals surface area (Å²) in [6.07, 6.45) is -9.93. The number of nitrogens with zero attached hydrogens (tertiary/aromatic N) is 1. The van der Waals surface area contributed by atoms with Crippen molar-refractivity contribution in [3.05, 3.63) is 34.9 Å². The first-order valence-electron chi connectivity index (χ1n) is 6.92. The van der Waals surface area contributed by atoms with Crippen LogP contribution in [0.25, 0.3) is 0 Å². The van der Waals surface area contributed by atoms with Crippen molar-refractivity contribution >= 4 is 12.4 Å². The molecule has 3 nitrogen and oxygen atoms in total. The molecule has 1 fully saturated rings. The van der Waals surface area contributed by atoms with Crippen LogP contribution in [-0.4, -0.2) is 37.2 Å². The van der Waals surface area contributed by atoms with E-state index in [2.05, 4.69) is 0 Å². The molecule has 0 saturated carbocycles. The average Bonchev–Trinajstić information content (AvgIpc) is 2.45. The molecule has 10 heteroatoms. The van der Waals surface area contributed by atoms with Crippen LogP contribution in [0.5, 0.6) is 0 Å². The zero-order valence-corrected chi connectivity index (χ0v) is 13.3. The van der Waals surface area contributed by atoms with E-state index in [4.69, 9.17) is 10.5 Å². The summed E-state index contributed by atoms with van der Waals surface area (Å²) in [5.41, 5.74) is 2.83. The number of morpholine rings is 1. The fraction of sp³-hybridized carbons (Fsp3) is 0.571. The number of rotatable bonds is 3. The first-order valence-corrected chi connectivity index (χ1v) is 6.92. The Balaban J connectivity index is 0.00000288. The first kappa shape index (κ1) is 21.0. The summed E-state index contributed by atoms with van der Waals surface area (Å²) in [4.78, 5) is 1.73. The Morgan fingerprint density at radius 3 is 2.04 bits per heavy atom. The van der Waals surface area contributed by atoms with Crippen molar-refractivity contribution in [2.45, 2.75) is 25.0 Å². The zero-order valence-electron chi connectivity index (χ0n) is 12.5. The predicted octanol–water partition coefficient (Wildman–Crippen LogP) is 3.31. The third-order valence-electron chi connectivity index (χ3n) is 3.54. The highest BCUT2D eigenvalue weighted by atomic mass is 35.5. The van der Waals surface area contributed by atoms with E-state index in [-0.39, 0.29) is 43.2 Å². The van der Waals surface area contributed by atoms with E-state index in [1.165, 1.54) is 0 Å². The van der Waals surface area contributed by atoms with Crippen LogP contribution < -0.4 is 5.73 Å². The van der Waals surface area contributed by atoms with E-state index < -0.39 is 23.5 Å². The summed E-state index contributed by atoms with van der Waals surface area (Å²) in [7, 11) is 0. The Bertz CT molecular complexity index is 517. The van der Waals surface area contributed by atoms with E-state index in [1.54, 1.807) is 4.90 Å². The molecule has 1 atom stereocenters. The van der Waals surface area contributed by atoms with Crippen molar-refractivity contribution in [3.8, 4) is 0 Å². The second-order valence-corrected chi connectivity index (χ2v) is 5.38. The van der Waals surface area contributed by atoms with Gasteiger partial charge in [0.15, 0.2) is 0 Å². The van der Waals surface area contributed by atoms with Crippen molar-refractivity contribution < 1.29 is 31.1 Å². The molecule has 24 heavy (non-hydrogen) atoms. The lowest BCUT2D eigenvalue weighted by Gasteiger charge is -2.32. The van der Waals surface area contributed by atoms with Crippen molar-refractivity contribution in [3.63, 3.8) is 0 Å². The number of alkyl halides is 6. The predicted molar refractivity (Wildman–Crippen MR) is 77.8 cm³/mol. The highest BCUT2D eigenvalue weighted by Crippen LogP contribution is 2.36. The van der Waals surface area contributed by atoms with Gasteiger partial charge < -0.3 is 10.5 Å². The first-order chi connectivity index (χ1) is 10.6. The highest BCUT2D eigenvalue weighted by Gasteiger charge is 2.37. The van der Waals surface area contributed by atoms with Crippen LogP contribution in [0.15, 0.2) is 18.2 Å². The summed E-state index contributed by atoms with van der Waals surface area (Å²) >= 11 is 0. The van der Waals surface area contributed by atoms with E-state index in [9.17, 15) is 26.3 Å². The normalized spacial score (nSPS) is 19.9. The van der Waals surface area contributed by atoms with Gasteiger partial charge in [0, 0.05) is 26.2 Å². The maximum absolute atomic E-state index is 12.8. The van der Waals surface area contributed by atoms with E-state index in [0.717, 1.165) is 12.1 Å². The van der Waals surface area contributed by atoms with Crippen LogP contribution in [0.2, 0.25) is 0 Å². The summed E-state index contributed by atoms with van der Waals surface area (Å²) < 4.78 is 82.2. The second-order valence-electron chi connectivity index (χ2n) is 5.38. The second kappa shape index (κ2) is 7.90. The number of benzene rings is 1. The number of hydrogen-bond acceptors (Lipinski definition) is 3. The van der Waals surface area contributed by atoms with Crippen LogP contribution >= 0.6 is 12.4 Å². The van der Waals surface area contributed by atoms with Crippen molar-refractivity contribution in [2.75, 3.05) is 26.2 Å². The standard InChI is InChI=1S/C14H16F6N2O.ClH/c15-13(16,17)10-3-9(4-11(5-10)14(18,19)20)7-22-1-2-23-12(6-21)8-22;/h3-5,12H,1-2,6-8,21H2;1H. The van der Waals surface area contributed by atoms with Gasteiger partial charge in [-0.1, -0.05) is 0 Å². The molecule has 1 unspecified atom stereocenters. The topological polar surface area (TPSA) is 38.5 Å². The van der Waals surface area contributed by atoms with Crippen LogP contribution in [-0.2, 0) is 23.6 Å². The fourth-order valence-electron chi connectivity index (χ4n) is 2.44. The molecule has 0 radical (unpaired) electrons. The summed E-state index contributed by atoms with van der Waals surface area (Å²) in [5.74, 6) is 0.